The normalized spacial score (nSPS) is 16.4. The molecule has 1 atom stereocenters. The number of hydrazine groups is 1. The van der Waals surface area contributed by atoms with Crippen molar-refractivity contribution in [3.8, 4) is 11.5 Å². The molecule has 100 valence electrons. The highest BCUT2D eigenvalue weighted by molar-refractivity contribution is 5.45. The van der Waals surface area contributed by atoms with Crippen LogP contribution in [0.3, 0.4) is 0 Å². The Kier molecular flexibility index (Phi) is 3.78. The van der Waals surface area contributed by atoms with Crippen LogP contribution in [0, 0.1) is 5.41 Å². The van der Waals surface area contributed by atoms with E-state index in [-0.39, 0.29) is 11.5 Å². The summed E-state index contributed by atoms with van der Waals surface area (Å²) in [5.41, 5.74) is 4.13. The molecule has 0 amide bonds. The van der Waals surface area contributed by atoms with E-state index in [4.69, 9.17) is 15.3 Å². The quantitative estimate of drug-likeness (QED) is 0.636. The zero-order chi connectivity index (χ0) is 13.2. The molecule has 0 saturated carbocycles. The third-order valence-corrected chi connectivity index (χ3v) is 3.76. The monoisotopic (exact) mass is 250 g/mol. The van der Waals surface area contributed by atoms with Gasteiger partial charge in [0.2, 0.25) is 0 Å². The van der Waals surface area contributed by atoms with Crippen LogP contribution in [-0.2, 0) is 0 Å². The molecule has 1 aliphatic rings. The van der Waals surface area contributed by atoms with Crippen molar-refractivity contribution in [3.05, 3.63) is 23.8 Å². The Labute approximate surface area is 108 Å². The molecule has 0 spiro atoms. The third kappa shape index (κ3) is 2.44. The molecule has 0 aromatic heterocycles. The van der Waals surface area contributed by atoms with Crippen LogP contribution in [0.15, 0.2) is 18.2 Å². The van der Waals surface area contributed by atoms with E-state index in [1.54, 1.807) is 0 Å². The van der Waals surface area contributed by atoms with Crippen LogP contribution in [0.1, 0.15) is 38.8 Å². The van der Waals surface area contributed by atoms with Gasteiger partial charge in [-0.25, -0.2) is 0 Å². The molecule has 1 aromatic rings. The fourth-order valence-electron chi connectivity index (χ4n) is 2.22. The first-order valence-electron chi connectivity index (χ1n) is 6.44. The Morgan fingerprint density at radius 1 is 1.28 bits per heavy atom. The summed E-state index contributed by atoms with van der Waals surface area (Å²) in [7, 11) is 0. The predicted molar refractivity (Wildman–Crippen MR) is 71.6 cm³/mol. The van der Waals surface area contributed by atoms with Crippen LogP contribution in [0.5, 0.6) is 11.5 Å². The SMILES string of the molecule is CCC(C)(C)C(NN)c1ccc2c(c1)OCCO2. The van der Waals surface area contributed by atoms with E-state index in [1.807, 2.05) is 12.1 Å². The van der Waals surface area contributed by atoms with Gasteiger partial charge in [0.15, 0.2) is 11.5 Å². The molecule has 4 nitrogen and oxygen atoms in total. The van der Waals surface area contributed by atoms with Crippen molar-refractivity contribution < 1.29 is 9.47 Å². The number of hydrogen-bond acceptors (Lipinski definition) is 4. The predicted octanol–water partition coefficient (Wildman–Crippen LogP) is 2.40. The molecule has 0 fully saturated rings. The minimum Gasteiger partial charge on any atom is -0.486 e. The fourth-order valence-corrected chi connectivity index (χ4v) is 2.22. The van der Waals surface area contributed by atoms with Gasteiger partial charge in [-0.05, 0) is 29.5 Å². The van der Waals surface area contributed by atoms with Gasteiger partial charge in [0.1, 0.15) is 13.2 Å². The van der Waals surface area contributed by atoms with E-state index >= 15 is 0 Å². The average Bonchev–Trinajstić information content (AvgIpc) is 2.39. The molecule has 1 aromatic carbocycles. The molecule has 0 saturated heterocycles. The minimum absolute atomic E-state index is 0.0819. The van der Waals surface area contributed by atoms with Crippen molar-refractivity contribution in [2.75, 3.05) is 13.2 Å². The average molecular weight is 250 g/mol. The van der Waals surface area contributed by atoms with Crippen LogP contribution in [0.25, 0.3) is 0 Å². The van der Waals surface area contributed by atoms with Gasteiger partial charge in [-0.2, -0.15) is 0 Å². The Hall–Kier alpha value is -1.26. The van der Waals surface area contributed by atoms with Gasteiger partial charge in [0, 0.05) is 0 Å². The number of ether oxygens (including phenoxy) is 2. The van der Waals surface area contributed by atoms with Crippen LogP contribution in [0.2, 0.25) is 0 Å². The summed E-state index contributed by atoms with van der Waals surface area (Å²) in [5, 5.41) is 0. The molecular formula is C14H22N2O2. The molecule has 4 heteroatoms. The van der Waals surface area contributed by atoms with Crippen LogP contribution in [0.4, 0.5) is 0 Å². The molecule has 1 aliphatic heterocycles. The first-order valence-corrected chi connectivity index (χ1v) is 6.44. The highest BCUT2D eigenvalue weighted by atomic mass is 16.6. The second kappa shape index (κ2) is 5.16. The van der Waals surface area contributed by atoms with Crippen molar-refractivity contribution in [2.45, 2.75) is 33.2 Å². The van der Waals surface area contributed by atoms with E-state index in [0.717, 1.165) is 23.5 Å². The van der Waals surface area contributed by atoms with E-state index in [1.165, 1.54) is 0 Å². The number of benzene rings is 1. The maximum Gasteiger partial charge on any atom is 0.161 e. The largest absolute Gasteiger partial charge is 0.486 e. The summed E-state index contributed by atoms with van der Waals surface area (Å²) >= 11 is 0. The summed E-state index contributed by atoms with van der Waals surface area (Å²) in [5.74, 6) is 7.35. The Bertz CT molecular complexity index is 418. The molecular weight excluding hydrogens is 228 g/mol. The minimum atomic E-state index is 0.0819. The molecule has 0 bridgehead atoms. The number of rotatable bonds is 4. The number of fused-ring (bicyclic) bond motifs is 1. The summed E-state index contributed by atoms with van der Waals surface area (Å²) in [6.07, 6.45) is 1.04. The standard InChI is InChI=1S/C14H22N2O2/c1-4-14(2,3)13(16-15)10-5-6-11-12(9-10)18-8-7-17-11/h5-6,9,13,16H,4,7-8,15H2,1-3H3. The van der Waals surface area contributed by atoms with E-state index in [9.17, 15) is 0 Å². The maximum atomic E-state index is 5.72. The van der Waals surface area contributed by atoms with Crippen LogP contribution < -0.4 is 20.7 Å². The van der Waals surface area contributed by atoms with Crippen LogP contribution >= 0.6 is 0 Å². The number of nitrogens with two attached hydrogens (primary N) is 1. The highest BCUT2D eigenvalue weighted by Gasteiger charge is 2.29. The van der Waals surface area contributed by atoms with Crippen molar-refractivity contribution in [2.24, 2.45) is 11.3 Å². The molecule has 1 heterocycles. The maximum absolute atomic E-state index is 5.72. The Morgan fingerprint density at radius 3 is 2.56 bits per heavy atom. The van der Waals surface area contributed by atoms with Gasteiger partial charge in [0.25, 0.3) is 0 Å². The molecule has 0 aliphatic carbocycles. The Morgan fingerprint density at radius 2 is 1.94 bits per heavy atom. The van der Waals surface area contributed by atoms with Gasteiger partial charge < -0.3 is 9.47 Å². The second-order valence-electron chi connectivity index (χ2n) is 5.34. The Balaban J connectivity index is 2.32. The number of nitrogens with one attached hydrogen (secondary N) is 1. The summed E-state index contributed by atoms with van der Waals surface area (Å²) < 4.78 is 11.1. The molecule has 18 heavy (non-hydrogen) atoms. The fraction of sp³-hybridized carbons (Fsp3) is 0.571. The smallest absolute Gasteiger partial charge is 0.161 e. The van der Waals surface area contributed by atoms with Gasteiger partial charge >= 0.3 is 0 Å². The lowest BCUT2D eigenvalue weighted by molar-refractivity contribution is 0.170. The lowest BCUT2D eigenvalue weighted by Gasteiger charge is -2.34. The van der Waals surface area contributed by atoms with Crippen molar-refractivity contribution >= 4 is 0 Å². The third-order valence-electron chi connectivity index (χ3n) is 3.76. The van der Waals surface area contributed by atoms with E-state index < -0.39 is 0 Å². The van der Waals surface area contributed by atoms with Crippen molar-refractivity contribution in [1.82, 2.24) is 5.43 Å². The first kappa shape index (κ1) is 13.2. The lowest BCUT2D eigenvalue weighted by atomic mass is 9.78. The molecule has 3 N–H and O–H groups in total. The van der Waals surface area contributed by atoms with Crippen LogP contribution in [-0.4, -0.2) is 13.2 Å². The van der Waals surface area contributed by atoms with E-state index in [2.05, 4.69) is 32.3 Å². The number of hydrogen-bond donors (Lipinski definition) is 2. The second-order valence-corrected chi connectivity index (χ2v) is 5.34. The van der Waals surface area contributed by atoms with Crippen molar-refractivity contribution in [3.63, 3.8) is 0 Å². The highest BCUT2D eigenvalue weighted by Crippen LogP contribution is 2.39. The zero-order valence-corrected chi connectivity index (χ0v) is 11.3. The van der Waals surface area contributed by atoms with Gasteiger partial charge in [0.05, 0.1) is 6.04 Å². The van der Waals surface area contributed by atoms with E-state index in [0.29, 0.717) is 13.2 Å². The van der Waals surface area contributed by atoms with Crippen molar-refractivity contribution in [1.29, 1.82) is 0 Å². The molecule has 1 unspecified atom stereocenters. The van der Waals surface area contributed by atoms with Gasteiger partial charge in [-0.15, -0.1) is 0 Å². The summed E-state index contributed by atoms with van der Waals surface area (Å²) in [4.78, 5) is 0. The molecule has 0 radical (unpaired) electrons. The zero-order valence-electron chi connectivity index (χ0n) is 11.3. The summed E-state index contributed by atoms with van der Waals surface area (Å²) in [6, 6.07) is 6.13. The summed E-state index contributed by atoms with van der Waals surface area (Å²) in [6.45, 7) is 7.80. The van der Waals surface area contributed by atoms with Gasteiger partial charge in [-0.3, -0.25) is 11.3 Å². The van der Waals surface area contributed by atoms with Gasteiger partial charge in [-0.1, -0.05) is 26.8 Å². The lowest BCUT2D eigenvalue weighted by Crippen LogP contribution is -2.38. The molecule has 2 rings (SSSR count). The first-order chi connectivity index (χ1) is 8.58. The topological polar surface area (TPSA) is 56.5 Å².